The second-order valence-corrected chi connectivity index (χ2v) is 10.6. The van der Waals surface area contributed by atoms with E-state index in [4.69, 9.17) is 4.74 Å². The van der Waals surface area contributed by atoms with Gasteiger partial charge in [-0.2, -0.15) is 5.26 Å². The summed E-state index contributed by atoms with van der Waals surface area (Å²) in [5.74, 6) is -1.96. The summed E-state index contributed by atoms with van der Waals surface area (Å²) in [5, 5.41) is 24.6. The van der Waals surface area contributed by atoms with Gasteiger partial charge in [0.25, 0.3) is 0 Å². The molecule has 5 fully saturated rings. The van der Waals surface area contributed by atoms with Crippen molar-refractivity contribution in [3.63, 3.8) is 0 Å². The molecule has 1 saturated heterocycles. The molecule has 5 aliphatic rings. The zero-order chi connectivity index (χ0) is 25.6. The summed E-state index contributed by atoms with van der Waals surface area (Å²) in [7, 11) is 1.56. The molecule has 10 nitrogen and oxygen atoms in total. The predicted octanol–water partition coefficient (Wildman–Crippen LogP) is 2.04. The van der Waals surface area contributed by atoms with Crippen LogP contribution in [0.2, 0.25) is 0 Å². The Balaban J connectivity index is 1.37. The predicted molar refractivity (Wildman–Crippen MR) is 125 cm³/mol. The SMILES string of the molecule is COc1ccc(CN2C(=O)[C@H]3[C@@H]4CC[C@H]([C@H]3C2=O)C(C#N)(NC(=O)[C@H](CC2CC2)NC(=O)O)C4)cc1. The highest BCUT2D eigenvalue weighted by atomic mass is 16.5. The van der Waals surface area contributed by atoms with Gasteiger partial charge in [-0.3, -0.25) is 19.3 Å². The maximum atomic E-state index is 13.6. The molecule has 3 N–H and O–H groups in total. The van der Waals surface area contributed by atoms with E-state index in [1.165, 1.54) is 4.90 Å². The van der Waals surface area contributed by atoms with Gasteiger partial charge in [-0.25, -0.2) is 4.79 Å². The molecular weight excluding hydrogens is 464 g/mol. The standard InChI is InChI=1S/C26H30N4O6/c1-36-17-7-4-15(5-8-17)12-30-23(32)20-16-6-9-18(21(20)24(30)33)26(11-16,13-27)29-22(31)19(28-25(34)35)10-14-2-3-14/h4-5,7-8,14,16,18-21,28H,2-3,6,9-12H2,1H3,(H,29,31)(H,34,35)/t16-,18-,19+,20+,21-,26?/m1/s1. The van der Waals surface area contributed by atoms with E-state index in [-0.39, 0.29) is 30.7 Å². The molecule has 1 aliphatic heterocycles. The van der Waals surface area contributed by atoms with Crippen molar-refractivity contribution in [3.05, 3.63) is 29.8 Å². The lowest BCUT2D eigenvalue weighted by molar-refractivity contribution is -0.141. The number of nitrogens with one attached hydrogen (secondary N) is 2. The van der Waals surface area contributed by atoms with E-state index in [0.29, 0.717) is 30.9 Å². The molecule has 0 aromatic heterocycles. The van der Waals surface area contributed by atoms with Gasteiger partial charge in [0.1, 0.15) is 17.3 Å². The molecule has 1 aromatic rings. The largest absolute Gasteiger partial charge is 0.497 e. The molecule has 4 aliphatic carbocycles. The molecule has 6 rings (SSSR count). The molecule has 190 valence electrons. The highest BCUT2D eigenvalue weighted by Gasteiger charge is 2.66. The third-order valence-corrected chi connectivity index (χ3v) is 8.42. The first-order valence-corrected chi connectivity index (χ1v) is 12.5. The summed E-state index contributed by atoms with van der Waals surface area (Å²) in [5.41, 5.74) is -0.513. The normalized spacial score (nSPS) is 31.4. The molecule has 2 bridgehead atoms. The van der Waals surface area contributed by atoms with Crippen molar-refractivity contribution < 1.29 is 29.0 Å². The van der Waals surface area contributed by atoms with E-state index < -0.39 is 41.3 Å². The van der Waals surface area contributed by atoms with Crippen molar-refractivity contribution in [1.29, 1.82) is 5.26 Å². The summed E-state index contributed by atoms with van der Waals surface area (Å²) in [6.07, 6.45) is 2.52. The van der Waals surface area contributed by atoms with E-state index in [0.717, 1.165) is 18.4 Å². The minimum absolute atomic E-state index is 0.145. The lowest BCUT2D eigenvalue weighted by Gasteiger charge is -2.52. The van der Waals surface area contributed by atoms with Crippen LogP contribution in [0.5, 0.6) is 5.75 Å². The van der Waals surface area contributed by atoms with Crippen LogP contribution in [-0.2, 0) is 20.9 Å². The Kier molecular flexibility index (Phi) is 6.10. The maximum absolute atomic E-state index is 13.6. The van der Waals surface area contributed by atoms with Gasteiger partial charge in [0.05, 0.1) is 31.6 Å². The number of carbonyl (C=O) groups is 4. The molecule has 1 heterocycles. The summed E-state index contributed by atoms with van der Waals surface area (Å²) in [6, 6.07) is 8.49. The summed E-state index contributed by atoms with van der Waals surface area (Å²) < 4.78 is 5.17. The van der Waals surface area contributed by atoms with Gasteiger partial charge in [-0.05, 0) is 55.2 Å². The van der Waals surface area contributed by atoms with Gasteiger partial charge in [0.2, 0.25) is 17.7 Å². The summed E-state index contributed by atoms with van der Waals surface area (Å²) in [6.45, 7) is 0.145. The van der Waals surface area contributed by atoms with Crippen molar-refractivity contribution in [2.24, 2.45) is 29.6 Å². The van der Waals surface area contributed by atoms with Crippen molar-refractivity contribution in [3.8, 4) is 11.8 Å². The third-order valence-electron chi connectivity index (χ3n) is 8.42. The van der Waals surface area contributed by atoms with Crippen LogP contribution in [0.25, 0.3) is 0 Å². The minimum atomic E-state index is -1.31. The van der Waals surface area contributed by atoms with Gasteiger partial charge in [-0.1, -0.05) is 25.0 Å². The number of fused-ring (bicyclic) bond motifs is 2. The third kappa shape index (κ3) is 4.16. The quantitative estimate of drug-likeness (QED) is 0.468. The second kappa shape index (κ2) is 9.12. The molecular formula is C26H30N4O6. The Morgan fingerprint density at radius 2 is 1.86 bits per heavy atom. The van der Waals surface area contributed by atoms with Gasteiger partial charge in [-0.15, -0.1) is 0 Å². The number of imide groups is 1. The van der Waals surface area contributed by atoms with Crippen molar-refractivity contribution in [2.45, 2.75) is 56.7 Å². The van der Waals surface area contributed by atoms with Crippen LogP contribution in [0.4, 0.5) is 4.79 Å². The van der Waals surface area contributed by atoms with Crippen molar-refractivity contribution >= 4 is 23.8 Å². The van der Waals surface area contributed by atoms with E-state index in [2.05, 4.69) is 16.7 Å². The average molecular weight is 495 g/mol. The Hall–Kier alpha value is -3.61. The number of amides is 4. The highest BCUT2D eigenvalue weighted by Crippen LogP contribution is 2.57. The van der Waals surface area contributed by atoms with Gasteiger partial charge in [0.15, 0.2) is 0 Å². The Bertz CT molecular complexity index is 1130. The zero-order valence-electron chi connectivity index (χ0n) is 20.1. The maximum Gasteiger partial charge on any atom is 0.405 e. The second-order valence-electron chi connectivity index (χ2n) is 10.6. The van der Waals surface area contributed by atoms with Crippen LogP contribution >= 0.6 is 0 Å². The van der Waals surface area contributed by atoms with Crippen LogP contribution in [0.1, 0.15) is 44.1 Å². The fourth-order valence-corrected chi connectivity index (χ4v) is 6.54. The molecule has 0 spiro atoms. The number of rotatable bonds is 8. The molecule has 1 aromatic carbocycles. The van der Waals surface area contributed by atoms with Crippen molar-refractivity contribution in [1.82, 2.24) is 15.5 Å². The van der Waals surface area contributed by atoms with Crippen LogP contribution in [0.15, 0.2) is 24.3 Å². The molecule has 10 heteroatoms. The molecule has 6 atom stereocenters. The van der Waals surface area contributed by atoms with Crippen LogP contribution < -0.4 is 15.4 Å². The van der Waals surface area contributed by atoms with E-state index in [1.807, 2.05) is 12.1 Å². The number of likely N-dealkylation sites (tertiary alicyclic amines) is 1. The van der Waals surface area contributed by atoms with Crippen molar-refractivity contribution in [2.75, 3.05) is 7.11 Å². The van der Waals surface area contributed by atoms with Gasteiger partial charge in [0, 0.05) is 5.92 Å². The number of ether oxygens (including phenoxy) is 1. The number of carboxylic acid groups (broad SMARTS) is 1. The molecule has 4 saturated carbocycles. The first kappa shape index (κ1) is 24.1. The number of hydrogen-bond donors (Lipinski definition) is 3. The fourth-order valence-electron chi connectivity index (χ4n) is 6.54. The molecule has 0 radical (unpaired) electrons. The Labute approximate surface area is 209 Å². The van der Waals surface area contributed by atoms with Gasteiger partial charge >= 0.3 is 6.09 Å². The highest BCUT2D eigenvalue weighted by molar-refractivity contribution is 6.06. The lowest BCUT2D eigenvalue weighted by atomic mass is 9.52. The minimum Gasteiger partial charge on any atom is -0.497 e. The molecule has 36 heavy (non-hydrogen) atoms. The lowest BCUT2D eigenvalue weighted by Crippen LogP contribution is -2.66. The number of nitrogens with zero attached hydrogens (tertiary/aromatic N) is 2. The smallest absolute Gasteiger partial charge is 0.405 e. The van der Waals surface area contributed by atoms with Crippen LogP contribution in [0, 0.1) is 40.9 Å². The van der Waals surface area contributed by atoms with E-state index in [1.54, 1.807) is 19.2 Å². The number of nitriles is 1. The Morgan fingerprint density at radius 1 is 1.17 bits per heavy atom. The van der Waals surface area contributed by atoms with Crippen LogP contribution in [-0.4, -0.2) is 52.5 Å². The van der Waals surface area contributed by atoms with Crippen LogP contribution in [0.3, 0.4) is 0 Å². The number of methoxy groups -OCH3 is 1. The number of benzene rings is 1. The fraction of sp³-hybridized carbons (Fsp3) is 0.577. The zero-order valence-corrected chi connectivity index (χ0v) is 20.1. The summed E-state index contributed by atoms with van der Waals surface area (Å²) >= 11 is 0. The summed E-state index contributed by atoms with van der Waals surface area (Å²) in [4.78, 5) is 52.7. The first-order valence-electron chi connectivity index (χ1n) is 12.5. The average Bonchev–Trinajstić information content (AvgIpc) is 3.66. The molecule has 4 amide bonds. The van der Waals surface area contributed by atoms with E-state index in [9.17, 15) is 29.5 Å². The number of hydrogen-bond acceptors (Lipinski definition) is 6. The van der Waals surface area contributed by atoms with E-state index >= 15 is 0 Å². The number of carbonyl (C=O) groups excluding carboxylic acids is 3. The Morgan fingerprint density at radius 3 is 2.47 bits per heavy atom. The molecule has 1 unspecified atom stereocenters. The monoisotopic (exact) mass is 494 g/mol. The first-order chi connectivity index (χ1) is 17.3. The van der Waals surface area contributed by atoms with Gasteiger partial charge < -0.3 is 20.5 Å². The topological polar surface area (TPSA) is 149 Å².